The van der Waals surface area contributed by atoms with Gasteiger partial charge in [0.1, 0.15) is 0 Å². The minimum atomic E-state index is 0. The van der Waals surface area contributed by atoms with E-state index >= 15 is 0 Å². The van der Waals surface area contributed by atoms with Gasteiger partial charge < -0.3 is 13.7 Å². The normalized spacial score (nSPS) is 14.7. The Bertz CT molecular complexity index is 2710. The quantitative estimate of drug-likeness (QED) is 0.161. The smallest absolute Gasteiger partial charge is 0.0542 e. The average molecular weight is 748 g/mol. The van der Waals surface area contributed by atoms with Crippen molar-refractivity contribution in [3.63, 3.8) is 0 Å². The first-order valence-corrected chi connectivity index (χ1v) is 20.8. The molecule has 0 saturated heterocycles. The van der Waals surface area contributed by atoms with Gasteiger partial charge in [0.05, 0.1) is 22.1 Å². The van der Waals surface area contributed by atoms with Crippen LogP contribution < -0.4 is 0 Å². The summed E-state index contributed by atoms with van der Waals surface area (Å²) in [4.78, 5) is 0. The van der Waals surface area contributed by atoms with Gasteiger partial charge in [0, 0.05) is 50.0 Å². The lowest BCUT2D eigenvalue weighted by Crippen LogP contribution is -2.27. The highest BCUT2D eigenvalue weighted by molar-refractivity contribution is 6.11. The van der Waals surface area contributed by atoms with E-state index in [9.17, 15) is 0 Å². The number of para-hydroxylation sites is 2. The number of fused-ring (bicyclic) bond motifs is 9. The van der Waals surface area contributed by atoms with E-state index in [4.69, 9.17) is 0 Å². The molecule has 2 aliphatic rings. The lowest BCUT2D eigenvalue weighted by molar-refractivity contribution is 0.164. The monoisotopic (exact) mass is 747 g/mol. The van der Waals surface area contributed by atoms with Crippen molar-refractivity contribution in [3.8, 4) is 17.1 Å². The molecule has 0 aliphatic heterocycles. The van der Waals surface area contributed by atoms with Gasteiger partial charge in [-0.3, -0.25) is 0 Å². The number of allylic oxidation sites excluding steroid dienone is 2. The summed E-state index contributed by atoms with van der Waals surface area (Å²) >= 11 is 0. The molecule has 2 aliphatic carbocycles. The summed E-state index contributed by atoms with van der Waals surface area (Å²) in [6, 6.07) is 41.7. The van der Waals surface area contributed by atoms with Crippen LogP contribution in [0.3, 0.4) is 0 Å². The first-order chi connectivity index (χ1) is 27.0. The van der Waals surface area contributed by atoms with Gasteiger partial charge in [-0.05, 0) is 145 Å². The molecular formula is C54H57N3. The molecule has 0 fully saturated rings. The van der Waals surface area contributed by atoms with Crippen molar-refractivity contribution < 1.29 is 0 Å². The first kappa shape index (κ1) is 37.1. The van der Waals surface area contributed by atoms with Crippen molar-refractivity contribution in [1.29, 1.82) is 0 Å². The van der Waals surface area contributed by atoms with E-state index in [0.29, 0.717) is 11.3 Å². The Morgan fingerprint density at radius 1 is 0.509 bits per heavy atom. The fourth-order valence-electron chi connectivity index (χ4n) is 9.98. The molecule has 0 amide bonds. The Morgan fingerprint density at radius 2 is 0.965 bits per heavy atom. The van der Waals surface area contributed by atoms with Crippen molar-refractivity contribution in [2.45, 2.75) is 87.5 Å². The largest absolute Gasteiger partial charge is 0.310 e. The molecule has 288 valence electrons. The molecule has 5 aromatic carbocycles. The molecule has 0 N–H and O–H groups in total. The fraction of sp³-hybridized carbons (Fsp3) is 0.296. The van der Waals surface area contributed by atoms with Gasteiger partial charge in [0.15, 0.2) is 0 Å². The molecule has 10 rings (SSSR count). The van der Waals surface area contributed by atoms with Crippen LogP contribution in [-0.4, -0.2) is 13.7 Å². The Hall–Kier alpha value is -5.54. The second-order valence-corrected chi connectivity index (χ2v) is 18.8. The first-order valence-electron chi connectivity index (χ1n) is 20.8. The van der Waals surface area contributed by atoms with Gasteiger partial charge in [0.25, 0.3) is 0 Å². The van der Waals surface area contributed by atoms with Crippen LogP contribution in [-0.2, 0) is 19.3 Å². The van der Waals surface area contributed by atoms with Gasteiger partial charge in [-0.1, -0.05) is 110 Å². The number of benzene rings is 5. The van der Waals surface area contributed by atoms with E-state index < -0.39 is 0 Å². The predicted molar refractivity (Wildman–Crippen MR) is 247 cm³/mol. The lowest BCUT2D eigenvalue weighted by atomic mass is 9.70. The number of nitrogens with zero attached hydrogens (tertiary/aromatic N) is 3. The topological polar surface area (TPSA) is 14.8 Å². The molecule has 1 unspecified atom stereocenters. The molecule has 3 nitrogen and oxygen atoms in total. The van der Waals surface area contributed by atoms with E-state index in [1.165, 1.54) is 95.2 Å². The number of aromatic nitrogens is 3. The summed E-state index contributed by atoms with van der Waals surface area (Å²) in [6.45, 7) is 14.4. The maximum atomic E-state index is 2.49. The van der Waals surface area contributed by atoms with Crippen LogP contribution in [0.15, 0.2) is 121 Å². The third-order valence-corrected chi connectivity index (χ3v) is 12.7. The Labute approximate surface area is 339 Å². The van der Waals surface area contributed by atoms with Gasteiger partial charge in [-0.2, -0.15) is 0 Å². The van der Waals surface area contributed by atoms with Gasteiger partial charge in [0.2, 0.25) is 0 Å². The van der Waals surface area contributed by atoms with E-state index in [2.05, 4.69) is 189 Å². The van der Waals surface area contributed by atoms with Crippen molar-refractivity contribution >= 4 is 55.8 Å². The number of hydrogen-bond acceptors (Lipinski definition) is 0. The third kappa shape index (κ3) is 6.27. The second kappa shape index (κ2) is 13.8. The van der Waals surface area contributed by atoms with E-state index in [-0.39, 0.29) is 12.8 Å². The summed E-state index contributed by atoms with van der Waals surface area (Å²) in [7, 11) is 0. The predicted octanol–water partition coefficient (Wildman–Crippen LogP) is 14.9. The molecule has 3 heteroatoms. The molecule has 3 aromatic heterocycles. The number of hydrogen-bond donors (Lipinski definition) is 0. The van der Waals surface area contributed by atoms with Crippen molar-refractivity contribution in [2.75, 3.05) is 0 Å². The van der Waals surface area contributed by atoms with E-state index in [1.807, 2.05) is 0 Å². The Balaban J connectivity index is 0.00000422. The van der Waals surface area contributed by atoms with Crippen LogP contribution in [0.4, 0.5) is 0 Å². The molecular weight excluding hydrogens is 691 g/mol. The van der Waals surface area contributed by atoms with Crippen LogP contribution >= 0.6 is 0 Å². The number of aryl methyl sites for hydroxylation is 2. The zero-order chi connectivity index (χ0) is 38.3. The molecule has 8 aromatic rings. The highest BCUT2D eigenvalue weighted by Gasteiger charge is 2.29. The molecule has 57 heavy (non-hydrogen) atoms. The lowest BCUT2D eigenvalue weighted by Gasteiger charge is -2.36. The van der Waals surface area contributed by atoms with Crippen LogP contribution in [0, 0.1) is 16.7 Å². The molecule has 1 atom stereocenters. The Morgan fingerprint density at radius 3 is 1.44 bits per heavy atom. The second-order valence-electron chi connectivity index (χ2n) is 18.8. The third-order valence-electron chi connectivity index (χ3n) is 12.7. The van der Waals surface area contributed by atoms with Gasteiger partial charge >= 0.3 is 0 Å². The molecule has 0 spiro atoms. The minimum Gasteiger partial charge on any atom is -0.310 e. The molecule has 0 bridgehead atoms. The SMILES string of the molecule is C.CC(C)(C)CC(Cc1ccc(-n2c3ccc(-n4c5c(c6ccccc64)CCC=C5)cc3c3cc(-n4c5c(c6ccccc64)CCC=C5)ccc32)cc1)C(C)(C)C. The summed E-state index contributed by atoms with van der Waals surface area (Å²) in [5.74, 6) is 0.606. The van der Waals surface area contributed by atoms with Crippen molar-refractivity contribution in [2.24, 2.45) is 16.7 Å². The summed E-state index contributed by atoms with van der Waals surface area (Å²) < 4.78 is 7.47. The van der Waals surface area contributed by atoms with Crippen LogP contribution in [0.25, 0.3) is 72.8 Å². The van der Waals surface area contributed by atoms with Crippen LogP contribution in [0.5, 0.6) is 0 Å². The van der Waals surface area contributed by atoms with Crippen LogP contribution in [0.1, 0.15) is 96.3 Å². The number of rotatable bonds is 6. The van der Waals surface area contributed by atoms with Crippen LogP contribution in [0.2, 0.25) is 0 Å². The Kier molecular flexibility index (Phi) is 8.99. The maximum absolute atomic E-state index is 2.49. The van der Waals surface area contributed by atoms with E-state index in [1.54, 1.807) is 0 Å². The van der Waals surface area contributed by atoms with Crippen molar-refractivity contribution in [1.82, 2.24) is 13.7 Å². The summed E-state index contributed by atoms with van der Waals surface area (Å²) in [5, 5.41) is 5.28. The zero-order valence-electron chi connectivity index (χ0n) is 33.9. The fourth-order valence-corrected chi connectivity index (χ4v) is 9.98. The van der Waals surface area contributed by atoms with Gasteiger partial charge in [-0.15, -0.1) is 0 Å². The standard InChI is InChI=1S/C53H53N3.CH4/c1-52(2,3)34-36(53(4,5)6)31-35-23-25-37(26-24-35)54-50-29-27-38(55-46-19-11-7-15-40(46)41-16-8-12-20-47(41)55)32-44(50)45-33-39(28-30-51(45)54)56-48-21-13-9-17-42(48)43-18-10-14-22-49(43)56;/h7,9,11-15,17,19-30,32-33,36H,8,10,16,18,31,34H2,1-6H3;1H4. The average Bonchev–Trinajstić information content (AvgIpc) is 3.82. The summed E-state index contributed by atoms with van der Waals surface area (Å²) in [5.41, 5.74) is 16.1. The summed E-state index contributed by atoms with van der Waals surface area (Å²) in [6.07, 6.45) is 16.0. The van der Waals surface area contributed by atoms with Gasteiger partial charge in [-0.25, -0.2) is 0 Å². The zero-order valence-corrected chi connectivity index (χ0v) is 33.9. The molecule has 3 heterocycles. The molecule has 0 radical (unpaired) electrons. The highest BCUT2D eigenvalue weighted by Crippen LogP contribution is 2.42. The van der Waals surface area contributed by atoms with Crippen molar-refractivity contribution in [3.05, 3.63) is 149 Å². The van der Waals surface area contributed by atoms with E-state index in [0.717, 1.165) is 32.1 Å². The maximum Gasteiger partial charge on any atom is 0.0542 e. The molecule has 0 saturated carbocycles. The minimum absolute atomic E-state index is 0. The highest BCUT2D eigenvalue weighted by atomic mass is 15.0.